The average molecular weight is 292 g/mol. The number of rotatable bonds is 1. The van der Waals surface area contributed by atoms with Gasteiger partial charge < -0.3 is 5.32 Å². The van der Waals surface area contributed by atoms with Gasteiger partial charge in [0.25, 0.3) is 5.91 Å². The number of nitrogens with zero attached hydrogens (tertiary/aromatic N) is 2. The highest BCUT2D eigenvalue weighted by Gasteiger charge is 2.13. The zero-order valence-electron chi connectivity index (χ0n) is 8.17. The van der Waals surface area contributed by atoms with Crippen molar-refractivity contribution in [1.82, 2.24) is 25.9 Å². The van der Waals surface area contributed by atoms with E-state index in [1.54, 1.807) is 18.8 Å². The molecule has 3 N–H and O–H groups in total. The maximum atomic E-state index is 11.6. The second-order valence-corrected chi connectivity index (χ2v) is 3.79. The number of hydrogen-bond acceptors (Lipinski definition) is 3. The van der Waals surface area contributed by atoms with Crippen LogP contribution in [0.15, 0.2) is 10.8 Å². The highest BCUT2D eigenvalue weighted by atomic mass is 79.9. The summed E-state index contributed by atoms with van der Waals surface area (Å²) in [6, 6.07) is 0. The van der Waals surface area contributed by atoms with Gasteiger partial charge in [0.15, 0.2) is 5.11 Å². The van der Waals surface area contributed by atoms with E-state index in [9.17, 15) is 4.79 Å². The number of amides is 1. The fraction of sp³-hybridized carbons (Fsp3) is 0.286. The fourth-order valence-corrected chi connectivity index (χ4v) is 1.24. The molecule has 0 atom stereocenters. The van der Waals surface area contributed by atoms with E-state index in [0.29, 0.717) is 15.3 Å². The molecule has 0 spiro atoms. The molecule has 0 aliphatic rings. The number of thiocarbonyl (C=S) groups is 1. The third kappa shape index (κ3) is 2.90. The number of aromatic nitrogens is 2. The predicted molar refractivity (Wildman–Crippen MR) is 63.2 cm³/mol. The summed E-state index contributed by atoms with van der Waals surface area (Å²) in [5.41, 5.74) is 5.39. The van der Waals surface area contributed by atoms with Crippen molar-refractivity contribution in [3.05, 3.63) is 16.4 Å². The van der Waals surface area contributed by atoms with Gasteiger partial charge in [-0.3, -0.25) is 20.3 Å². The summed E-state index contributed by atoms with van der Waals surface area (Å²) in [6.07, 6.45) is 1.46. The van der Waals surface area contributed by atoms with Crippen LogP contribution in [0.1, 0.15) is 10.4 Å². The van der Waals surface area contributed by atoms with Crippen molar-refractivity contribution in [3.8, 4) is 0 Å². The predicted octanol–water partition coefficient (Wildman–Crippen LogP) is -0.0787. The molecule has 1 amide bonds. The third-order valence-electron chi connectivity index (χ3n) is 1.63. The molecule has 8 heteroatoms. The molecule has 0 aliphatic heterocycles. The summed E-state index contributed by atoms with van der Waals surface area (Å²) in [5, 5.41) is 6.92. The quantitative estimate of drug-likeness (QED) is 0.499. The molecule has 0 bridgehead atoms. The van der Waals surface area contributed by atoms with Crippen LogP contribution in [0.4, 0.5) is 0 Å². The molecule has 1 aromatic heterocycles. The van der Waals surface area contributed by atoms with Gasteiger partial charge >= 0.3 is 0 Å². The lowest BCUT2D eigenvalue weighted by Crippen LogP contribution is -2.45. The van der Waals surface area contributed by atoms with E-state index in [1.807, 2.05) is 0 Å². The van der Waals surface area contributed by atoms with Crippen LogP contribution in [-0.2, 0) is 7.05 Å². The van der Waals surface area contributed by atoms with Gasteiger partial charge in [0.1, 0.15) is 4.60 Å². The molecule has 82 valence electrons. The molecule has 0 saturated heterocycles. The zero-order valence-corrected chi connectivity index (χ0v) is 10.6. The van der Waals surface area contributed by atoms with Gasteiger partial charge in [0.05, 0.1) is 11.8 Å². The van der Waals surface area contributed by atoms with Gasteiger partial charge in [-0.2, -0.15) is 5.10 Å². The summed E-state index contributed by atoms with van der Waals surface area (Å²) < 4.78 is 2.16. The van der Waals surface area contributed by atoms with E-state index >= 15 is 0 Å². The van der Waals surface area contributed by atoms with E-state index in [2.05, 4.69) is 37.2 Å². The van der Waals surface area contributed by atoms with E-state index in [0.717, 1.165) is 0 Å². The lowest BCUT2D eigenvalue weighted by Gasteiger charge is -2.07. The van der Waals surface area contributed by atoms with Crippen molar-refractivity contribution in [2.45, 2.75) is 0 Å². The Balaban J connectivity index is 2.62. The van der Waals surface area contributed by atoms with Crippen molar-refractivity contribution in [2.24, 2.45) is 7.05 Å². The number of halogens is 1. The Morgan fingerprint density at radius 2 is 2.27 bits per heavy atom. The Morgan fingerprint density at radius 3 is 2.73 bits per heavy atom. The van der Waals surface area contributed by atoms with Crippen molar-refractivity contribution in [1.29, 1.82) is 0 Å². The molecule has 1 heterocycles. The van der Waals surface area contributed by atoms with Crippen LogP contribution in [0, 0.1) is 0 Å². The van der Waals surface area contributed by atoms with Crippen LogP contribution in [0.3, 0.4) is 0 Å². The molecule has 15 heavy (non-hydrogen) atoms. The molecule has 0 aliphatic carbocycles. The SMILES string of the molecule is CNC(=S)NNC(=O)c1cnn(C)c1Br. The maximum Gasteiger partial charge on any atom is 0.274 e. The van der Waals surface area contributed by atoms with Gasteiger partial charge in [-0.1, -0.05) is 0 Å². The molecule has 0 radical (unpaired) electrons. The Bertz CT molecular complexity index is 391. The average Bonchev–Trinajstić information content (AvgIpc) is 2.56. The van der Waals surface area contributed by atoms with Crippen molar-refractivity contribution < 1.29 is 4.79 Å². The maximum absolute atomic E-state index is 11.6. The second kappa shape index (κ2) is 5.08. The number of hydrazine groups is 1. The van der Waals surface area contributed by atoms with Gasteiger partial charge in [-0.15, -0.1) is 0 Å². The van der Waals surface area contributed by atoms with Crippen molar-refractivity contribution in [2.75, 3.05) is 7.05 Å². The fourth-order valence-electron chi connectivity index (χ4n) is 0.818. The van der Waals surface area contributed by atoms with E-state index in [1.165, 1.54) is 6.20 Å². The minimum Gasteiger partial charge on any atom is -0.364 e. The summed E-state index contributed by atoms with van der Waals surface area (Å²) >= 11 is 8.03. The first kappa shape index (κ1) is 11.9. The third-order valence-corrected chi connectivity index (χ3v) is 2.87. The number of aryl methyl sites for hydroxylation is 1. The first-order chi connectivity index (χ1) is 7.06. The zero-order chi connectivity index (χ0) is 11.4. The lowest BCUT2D eigenvalue weighted by molar-refractivity contribution is 0.0943. The van der Waals surface area contributed by atoms with Gasteiger partial charge in [0.2, 0.25) is 0 Å². The first-order valence-electron chi connectivity index (χ1n) is 4.01. The molecule has 1 rings (SSSR count). The number of carbonyl (C=O) groups excluding carboxylic acids is 1. The van der Waals surface area contributed by atoms with Crippen LogP contribution in [-0.4, -0.2) is 27.8 Å². The molecular weight excluding hydrogens is 282 g/mol. The summed E-state index contributed by atoms with van der Waals surface area (Å²) in [5.74, 6) is -0.312. The van der Waals surface area contributed by atoms with Crippen LogP contribution in [0.25, 0.3) is 0 Å². The molecule has 6 nitrogen and oxygen atoms in total. The molecule has 0 aromatic carbocycles. The van der Waals surface area contributed by atoms with E-state index < -0.39 is 0 Å². The summed E-state index contributed by atoms with van der Waals surface area (Å²) in [4.78, 5) is 11.6. The Morgan fingerprint density at radius 1 is 1.60 bits per heavy atom. The smallest absolute Gasteiger partial charge is 0.274 e. The first-order valence-corrected chi connectivity index (χ1v) is 5.22. The van der Waals surface area contributed by atoms with E-state index in [-0.39, 0.29) is 5.91 Å². The molecular formula is C7H10BrN5OS. The van der Waals surface area contributed by atoms with Crippen LogP contribution in [0.2, 0.25) is 0 Å². The lowest BCUT2D eigenvalue weighted by atomic mass is 10.3. The largest absolute Gasteiger partial charge is 0.364 e. The Hall–Kier alpha value is -1.15. The number of nitrogens with one attached hydrogen (secondary N) is 3. The van der Waals surface area contributed by atoms with Gasteiger partial charge in [-0.05, 0) is 28.1 Å². The second-order valence-electron chi connectivity index (χ2n) is 2.63. The van der Waals surface area contributed by atoms with Crippen LogP contribution < -0.4 is 16.2 Å². The Kier molecular flexibility index (Phi) is 4.04. The summed E-state index contributed by atoms with van der Waals surface area (Å²) in [6.45, 7) is 0. The molecule has 0 fully saturated rings. The normalized spacial score (nSPS) is 9.53. The van der Waals surface area contributed by atoms with E-state index in [4.69, 9.17) is 12.2 Å². The van der Waals surface area contributed by atoms with Crippen LogP contribution in [0.5, 0.6) is 0 Å². The monoisotopic (exact) mass is 291 g/mol. The minimum absolute atomic E-state index is 0.312. The van der Waals surface area contributed by atoms with Crippen molar-refractivity contribution >= 4 is 39.2 Å². The number of carbonyl (C=O) groups is 1. The molecule has 0 saturated carbocycles. The topological polar surface area (TPSA) is 71.0 Å². The van der Waals surface area contributed by atoms with Crippen LogP contribution >= 0.6 is 28.1 Å². The van der Waals surface area contributed by atoms with Gasteiger partial charge in [-0.25, -0.2) is 0 Å². The highest BCUT2D eigenvalue weighted by Crippen LogP contribution is 2.13. The summed E-state index contributed by atoms with van der Waals surface area (Å²) in [7, 11) is 3.38. The molecule has 0 unspecified atom stereocenters. The highest BCUT2D eigenvalue weighted by molar-refractivity contribution is 9.10. The van der Waals surface area contributed by atoms with Gasteiger partial charge in [0, 0.05) is 14.1 Å². The van der Waals surface area contributed by atoms with Crippen molar-refractivity contribution in [3.63, 3.8) is 0 Å². The Labute approximate surface area is 101 Å². The minimum atomic E-state index is -0.312. The number of hydrogen-bond donors (Lipinski definition) is 3. The standard InChI is InChI=1S/C7H10BrN5OS/c1-9-7(15)12-11-6(14)4-3-10-13(2)5(4)8/h3H,1-2H3,(H,11,14)(H2,9,12,15). The molecule has 1 aromatic rings.